The van der Waals surface area contributed by atoms with Crippen LogP contribution in [0.3, 0.4) is 0 Å². The van der Waals surface area contributed by atoms with Crippen LogP contribution in [0.2, 0.25) is 0 Å². The Balaban J connectivity index is 1.95. The highest BCUT2D eigenvalue weighted by Gasteiger charge is 2.26. The number of hydrogen-bond acceptors (Lipinski definition) is 1. The van der Waals surface area contributed by atoms with E-state index >= 15 is 0 Å². The normalized spacial score (nSPS) is 15.8. The molecule has 0 bridgehead atoms. The van der Waals surface area contributed by atoms with Gasteiger partial charge in [-0.3, -0.25) is 0 Å². The third-order valence-corrected chi connectivity index (χ3v) is 4.49. The summed E-state index contributed by atoms with van der Waals surface area (Å²) in [5, 5.41) is 1.26. The van der Waals surface area contributed by atoms with Crippen LogP contribution in [-0.2, 0) is 0 Å². The van der Waals surface area contributed by atoms with Crippen molar-refractivity contribution in [3.8, 4) is 17.0 Å². The lowest BCUT2D eigenvalue weighted by Crippen LogP contribution is -2.00. The van der Waals surface area contributed by atoms with Gasteiger partial charge in [-0.05, 0) is 24.6 Å². The average Bonchev–Trinajstić information content (AvgIpc) is 2.89. The molecule has 2 aromatic carbocycles. The van der Waals surface area contributed by atoms with Gasteiger partial charge in [0, 0.05) is 34.0 Å². The molecule has 0 unspecified atom stereocenters. The second kappa shape index (κ2) is 4.38. The molecule has 5 rings (SSSR count). The van der Waals surface area contributed by atoms with Crippen molar-refractivity contribution >= 4 is 16.5 Å². The van der Waals surface area contributed by atoms with Gasteiger partial charge < -0.3 is 9.72 Å². The van der Waals surface area contributed by atoms with Gasteiger partial charge in [0.05, 0.1) is 5.69 Å². The number of allylic oxidation sites excluding steroid dienone is 4. The van der Waals surface area contributed by atoms with Crippen molar-refractivity contribution in [3.05, 3.63) is 72.0 Å². The third-order valence-electron chi connectivity index (χ3n) is 4.49. The van der Waals surface area contributed by atoms with E-state index in [1.165, 1.54) is 22.0 Å². The lowest BCUT2D eigenvalue weighted by atomic mass is 9.94. The number of nitrogens with one attached hydrogen (secondary N) is 1. The van der Waals surface area contributed by atoms with Crippen LogP contribution in [-0.4, -0.2) is 4.98 Å². The van der Waals surface area contributed by atoms with Crippen molar-refractivity contribution < 1.29 is 4.74 Å². The molecule has 0 fully saturated rings. The highest BCUT2D eigenvalue weighted by molar-refractivity contribution is 6.04. The van der Waals surface area contributed by atoms with Gasteiger partial charge in [0.1, 0.15) is 11.5 Å². The number of rotatable bonds is 0. The topological polar surface area (TPSA) is 25.0 Å². The first-order chi connectivity index (χ1) is 10.9. The fourth-order valence-corrected chi connectivity index (χ4v) is 3.49. The Labute approximate surface area is 128 Å². The zero-order valence-corrected chi connectivity index (χ0v) is 12.1. The summed E-state index contributed by atoms with van der Waals surface area (Å²) in [6.07, 6.45) is 6.45. The molecule has 1 aromatic heterocycles. The van der Waals surface area contributed by atoms with Gasteiger partial charge >= 0.3 is 0 Å². The summed E-state index contributed by atoms with van der Waals surface area (Å²) in [6, 6.07) is 16.8. The summed E-state index contributed by atoms with van der Waals surface area (Å²) in [6.45, 7) is 0. The minimum Gasteiger partial charge on any atom is -0.460 e. The van der Waals surface area contributed by atoms with Gasteiger partial charge in [-0.2, -0.15) is 0 Å². The summed E-state index contributed by atoms with van der Waals surface area (Å²) in [7, 11) is 0. The Bertz CT molecular complexity index is 959. The number of ether oxygens (including phenoxy) is 1. The monoisotopic (exact) mass is 285 g/mol. The van der Waals surface area contributed by atoms with Crippen molar-refractivity contribution in [2.45, 2.75) is 12.8 Å². The van der Waals surface area contributed by atoms with Crippen molar-refractivity contribution in [3.63, 3.8) is 0 Å². The summed E-state index contributed by atoms with van der Waals surface area (Å²) >= 11 is 0. The predicted octanol–water partition coefficient (Wildman–Crippen LogP) is 5.29. The lowest BCUT2D eigenvalue weighted by molar-refractivity contribution is 0.409. The molecular formula is C20H15NO. The maximum Gasteiger partial charge on any atom is 0.136 e. The molecule has 0 saturated carbocycles. The Morgan fingerprint density at radius 2 is 1.82 bits per heavy atom. The quantitative estimate of drug-likeness (QED) is 0.596. The number of benzene rings is 2. The van der Waals surface area contributed by atoms with E-state index < -0.39 is 0 Å². The van der Waals surface area contributed by atoms with Gasteiger partial charge in [0.15, 0.2) is 0 Å². The molecule has 2 heterocycles. The molecule has 0 saturated heterocycles. The van der Waals surface area contributed by atoms with E-state index in [1.54, 1.807) is 0 Å². The summed E-state index contributed by atoms with van der Waals surface area (Å²) in [5.74, 6) is 2.02. The number of H-pyrrole nitrogens is 1. The number of fused-ring (bicyclic) bond motifs is 6. The van der Waals surface area contributed by atoms with E-state index in [9.17, 15) is 0 Å². The van der Waals surface area contributed by atoms with Crippen LogP contribution in [0.15, 0.2) is 66.4 Å². The molecule has 0 amide bonds. The largest absolute Gasteiger partial charge is 0.460 e. The molecule has 2 nitrogen and oxygen atoms in total. The maximum atomic E-state index is 6.26. The molecule has 1 aliphatic heterocycles. The SMILES string of the molecule is C1=CC2=C(CC1)Oc1ccccc1-c1[nH]c3ccccc3c12. The first-order valence-electron chi connectivity index (χ1n) is 7.70. The van der Waals surface area contributed by atoms with Crippen LogP contribution >= 0.6 is 0 Å². The number of para-hydroxylation sites is 2. The Kier molecular flexibility index (Phi) is 2.36. The molecular weight excluding hydrogens is 270 g/mol. The summed E-state index contributed by atoms with van der Waals surface area (Å²) in [5.41, 5.74) is 5.96. The Morgan fingerprint density at radius 3 is 2.82 bits per heavy atom. The first-order valence-corrected chi connectivity index (χ1v) is 7.70. The lowest BCUT2D eigenvalue weighted by Gasteiger charge is -2.15. The van der Waals surface area contributed by atoms with Crippen molar-refractivity contribution in [2.24, 2.45) is 0 Å². The molecule has 0 spiro atoms. The van der Waals surface area contributed by atoms with Crippen LogP contribution in [0.1, 0.15) is 18.4 Å². The third kappa shape index (κ3) is 1.55. The average molecular weight is 285 g/mol. The Morgan fingerprint density at radius 1 is 0.955 bits per heavy atom. The van der Waals surface area contributed by atoms with Gasteiger partial charge in [0.25, 0.3) is 0 Å². The van der Waals surface area contributed by atoms with E-state index in [0.717, 1.165) is 35.6 Å². The smallest absolute Gasteiger partial charge is 0.136 e. The second-order valence-electron chi connectivity index (χ2n) is 5.80. The van der Waals surface area contributed by atoms with Crippen LogP contribution < -0.4 is 4.74 Å². The predicted molar refractivity (Wildman–Crippen MR) is 89.7 cm³/mol. The first kappa shape index (κ1) is 11.9. The van der Waals surface area contributed by atoms with Crippen LogP contribution in [0.4, 0.5) is 0 Å². The second-order valence-corrected chi connectivity index (χ2v) is 5.80. The molecule has 2 aliphatic rings. The van der Waals surface area contributed by atoms with Gasteiger partial charge in [-0.25, -0.2) is 0 Å². The molecule has 3 aromatic rings. The van der Waals surface area contributed by atoms with Gasteiger partial charge in [-0.1, -0.05) is 42.5 Å². The summed E-state index contributed by atoms with van der Waals surface area (Å²) < 4.78 is 6.26. The highest BCUT2D eigenvalue weighted by Crippen LogP contribution is 2.45. The zero-order chi connectivity index (χ0) is 14.5. The number of aromatic nitrogens is 1. The van der Waals surface area contributed by atoms with E-state index in [2.05, 4.69) is 59.6 Å². The van der Waals surface area contributed by atoms with Crippen LogP contribution in [0, 0.1) is 0 Å². The van der Waals surface area contributed by atoms with Crippen molar-refractivity contribution in [1.82, 2.24) is 4.98 Å². The minimum atomic E-state index is 0.940. The molecule has 0 atom stereocenters. The van der Waals surface area contributed by atoms with E-state index in [4.69, 9.17) is 4.74 Å². The minimum absolute atomic E-state index is 0.940. The molecule has 2 heteroatoms. The van der Waals surface area contributed by atoms with Crippen LogP contribution in [0.5, 0.6) is 5.75 Å². The standard InChI is InChI=1S/C20H15NO/c1-4-10-16-13(7-1)19-14-8-2-5-11-17(14)22-18-12-6-3-9-15(18)20(19)21-16/h1-4,6-10,12,21H,5,11H2. The van der Waals surface area contributed by atoms with Crippen molar-refractivity contribution in [2.75, 3.05) is 0 Å². The van der Waals surface area contributed by atoms with E-state index in [1.807, 2.05) is 6.07 Å². The van der Waals surface area contributed by atoms with E-state index in [0.29, 0.717) is 0 Å². The highest BCUT2D eigenvalue weighted by atomic mass is 16.5. The molecule has 22 heavy (non-hydrogen) atoms. The van der Waals surface area contributed by atoms with Gasteiger partial charge in [0.2, 0.25) is 0 Å². The fourth-order valence-electron chi connectivity index (χ4n) is 3.49. The zero-order valence-electron chi connectivity index (χ0n) is 12.1. The summed E-state index contributed by atoms with van der Waals surface area (Å²) in [4.78, 5) is 3.60. The molecule has 1 aliphatic carbocycles. The maximum absolute atomic E-state index is 6.26. The molecule has 106 valence electrons. The number of hydrogen-bond donors (Lipinski definition) is 1. The van der Waals surface area contributed by atoms with Crippen molar-refractivity contribution in [1.29, 1.82) is 0 Å². The fraction of sp³-hybridized carbons (Fsp3) is 0.100. The molecule has 0 radical (unpaired) electrons. The molecule has 1 N–H and O–H groups in total. The number of aromatic amines is 1. The van der Waals surface area contributed by atoms with E-state index in [-0.39, 0.29) is 0 Å². The Hall–Kier alpha value is -2.74. The van der Waals surface area contributed by atoms with Crippen LogP contribution in [0.25, 0.3) is 27.7 Å². The van der Waals surface area contributed by atoms with Gasteiger partial charge in [-0.15, -0.1) is 0 Å².